The van der Waals surface area contributed by atoms with Crippen LogP contribution in [0.15, 0.2) is 0 Å². The number of esters is 1. The van der Waals surface area contributed by atoms with E-state index in [2.05, 4.69) is 15.3 Å². The molecule has 6 nitrogen and oxygen atoms in total. The molecule has 0 atom stereocenters. The maximum Gasteiger partial charge on any atom is 0.348 e. The van der Waals surface area contributed by atoms with Crippen LogP contribution in [0.1, 0.15) is 41.3 Å². The van der Waals surface area contributed by atoms with Crippen LogP contribution >= 0.6 is 11.3 Å². The van der Waals surface area contributed by atoms with Crippen LogP contribution in [0.3, 0.4) is 0 Å². The summed E-state index contributed by atoms with van der Waals surface area (Å²) in [4.78, 5) is 22.5. The van der Waals surface area contributed by atoms with E-state index in [1.807, 2.05) is 27.7 Å². The van der Waals surface area contributed by atoms with Gasteiger partial charge in [0.1, 0.15) is 21.3 Å². The van der Waals surface area contributed by atoms with Crippen LogP contribution in [-0.4, -0.2) is 35.1 Å². The van der Waals surface area contributed by atoms with Crippen molar-refractivity contribution in [3.8, 4) is 0 Å². The molecule has 0 aliphatic carbocycles. The second kappa shape index (κ2) is 7.02. The molecule has 0 aliphatic heterocycles. The van der Waals surface area contributed by atoms with E-state index in [1.165, 1.54) is 11.3 Å². The molecule has 0 radical (unpaired) electrons. The number of nitrogens with zero attached hydrogens (tertiary/aromatic N) is 2. The zero-order chi connectivity index (χ0) is 16.3. The first-order valence-corrected chi connectivity index (χ1v) is 8.18. The van der Waals surface area contributed by atoms with Gasteiger partial charge in [-0.2, -0.15) is 0 Å². The topological polar surface area (TPSA) is 90.1 Å². The number of thiophene rings is 1. The fourth-order valence-corrected chi connectivity index (χ4v) is 3.25. The lowest BCUT2D eigenvalue weighted by Crippen LogP contribution is -2.11. The first kappa shape index (κ1) is 16.6. The molecule has 0 fully saturated rings. The van der Waals surface area contributed by atoms with Crippen molar-refractivity contribution in [2.45, 2.75) is 40.2 Å². The van der Waals surface area contributed by atoms with Gasteiger partial charge in [0.2, 0.25) is 0 Å². The Labute approximate surface area is 134 Å². The summed E-state index contributed by atoms with van der Waals surface area (Å²) >= 11 is 1.35. The summed E-state index contributed by atoms with van der Waals surface area (Å²) in [6, 6.07) is 0. The molecular formula is C15H22N4O2S. The molecular weight excluding hydrogens is 300 g/mol. The van der Waals surface area contributed by atoms with Crippen molar-refractivity contribution in [2.24, 2.45) is 5.73 Å². The number of hydrogen-bond donors (Lipinski definition) is 2. The molecule has 2 aromatic rings. The lowest BCUT2D eigenvalue weighted by atomic mass is 10.2. The molecule has 0 aliphatic rings. The van der Waals surface area contributed by atoms with Crippen LogP contribution in [-0.2, 0) is 4.74 Å². The zero-order valence-corrected chi connectivity index (χ0v) is 14.2. The van der Waals surface area contributed by atoms with Crippen molar-refractivity contribution in [1.29, 1.82) is 0 Å². The third-order valence-corrected chi connectivity index (χ3v) is 4.27. The average Bonchev–Trinajstić information content (AvgIpc) is 2.75. The monoisotopic (exact) mass is 322 g/mol. The summed E-state index contributed by atoms with van der Waals surface area (Å²) in [6.45, 7) is 8.78. The maximum absolute atomic E-state index is 12.2. The van der Waals surface area contributed by atoms with Crippen LogP contribution in [0.2, 0.25) is 0 Å². The van der Waals surface area contributed by atoms with Crippen molar-refractivity contribution < 1.29 is 9.53 Å². The minimum Gasteiger partial charge on any atom is -0.459 e. The van der Waals surface area contributed by atoms with Crippen molar-refractivity contribution in [3.63, 3.8) is 0 Å². The van der Waals surface area contributed by atoms with Gasteiger partial charge in [0.15, 0.2) is 0 Å². The van der Waals surface area contributed by atoms with Crippen LogP contribution < -0.4 is 11.1 Å². The van der Waals surface area contributed by atoms with Crippen LogP contribution in [0.25, 0.3) is 10.2 Å². The van der Waals surface area contributed by atoms with E-state index in [0.29, 0.717) is 17.2 Å². The smallest absolute Gasteiger partial charge is 0.348 e. The Hall–Kier alpha value is -1.73. The average molecular weight is 322 g/mol. The molecule has 0 unspecified atom stereocenters. The number of ether oxygens (including phenoxy) is 1. The fourth-order valence-electron chi connectivity index (χ4n) is 2.14. The highest BCUT2D eigenvalue weighted by molar-refractivity contribution is 7.20. The molecule has 120 valence electrons. The number of anilines is 1. The van der Waals surface area contributed by atoms with E-state index in [0.717, 1.165) is 34.6 Å². The number of carbonyl (C=O) groups is 1. The highest BCUT2D eigenvalue weighted by Gasteiger charge is 2.21. The standard InChI is InChI=1S/C15H22N4O2S/c1-8(2)21-15(20)12-9(3)11-13(17-7-5-6-16)18-10(4)19-14(11)22-12/h8H,5-7,16H2,1-4H3,(H,17,18,19). The number of nitrogens with one attached hydrogen (secondary N) is 1. The summed E-state index contributed by atoms with van der Waals surface area (Å²) in [5.74, 6) is 1.13. The number of fused-ring (bicyclic) bond motifs is 1. The third-order valence-electron chi connectivity index (χ3n) is 3.10. The molecule has 0 amide bonds. The molecule has 22 heavy (non-hydrogen) atoms. The number of carbonyl (C=O) groups excluding carboxylic acids is 1. The first-order chi connectivity index (χ1) is 10.4. The Morgan fingerprint density at radius 1 is 1.36 bits per heavy atom. The molecule has 2 rings (SSSR count). The Bertz CT molecular complexity index is 682. The number of aromatic nitrogens is 2. The number of nitrogens with two attached hydrogens (primary N) is 1. The Morgan fingerprint density at radius 2 is 2.09 bits per heavy atom. The minimum atomic E-state index is -0.305. The summed E-state index contributed by atoms with van der Waals surface area (Å²) in [5, 5.41) is 4.18. The minimum absolute atomic E-state index is 0.146. The molecule has 7 heteroatoms. The van der Waals surface area contributed by atoms with Gasteiger partial charge in [-0.3, -0.25) is 0 Å². The van der Waals surface area contributed by atoms with Gasteiger partial charge < -0.3 is 15.8 Å². The van der Waals surface area contributed by atoms with E-state index in [9.17, 15) is 4.79 Å². The van der Waals surface area contributed by atoms with Gasteiger partial charge in [-0.05, 0) is 46.2 Å². The van der Waals surface area contributed by atoms with Crippen molar-refractivity contribution in [3.05, 3.63) is 16.3 Å². The molecule has 0 spiro atoms. The second-order valence-corrected chi connectivity index (χ2v) is 6.38. The van der Waals surface area contributed by atoms with Crippen molar-refractivity contribution >= 4 is 33.3 Å². The van der Waals surface area contributed by atoms with Gasteiger partial charge in [0, 0.05) is 6.54 Å². The lowest BCUT2D eigenvalue weighted by Gasteiger charge is -2.08. The van der Waals surface area contributed by atoms with Gasteiger partial charge in [0.25, 0.3) is 0 Å². The Morgan fingerprint density at radius 3 is 2.73 bits per heavy atom. The molecule has 2 aromatic heterocycles. The highest BCUT2D eigenvalue weighted by Crippen LogP contribution is 2.34. The maximum atomic E-state index is 12.2. The molecule has 0 aromatic carbocycles. The lowest BCUT2D eigenvalue weighted by molar-refractivity contribution is 0.0383. The predicted octanol–water partition coefficient (Wildman–Crippen LogP) is 2.63. The molecule has 3 N–H and O–H groups in total. The zero-order valence-electron chi connectivity index (χ0n) is 13.4. The first-order valence-electron chi connectivity index (χ1n) is 7.36. The summed E-state index contributed by atoms with van der Waals surface area (Å²) in [6.07, 6.45) is 0.711. The van der Waals surface area contributed by atoms with Crippen molar-refractivity contribution in [2.75, 3.05) is 18.4 Å². The normalized spacial score (nSPS) is 11.2. The predicted molar refractivity (Wildman–Crippen MR) is 89.6 cm³/mol. The number of hydrogen-bond acceptors (Lipinski definition) is 7. The Balaban J connectivity index is 2.44. The van der Waals surface area contributed by atoms with Crippen LogP contribution in [0.5, 0.6) is 0 Å². The second-order valence-electron chi connectivity index (χ2n) is 5.38. The van der Waals surface area contributed by atoms with Crippen LogP contribution in [0, 0.1) is 13.8 Å². The summed E-state index contributed by atoms with van der Waals surface area (Å²) in [7, 11) is 0. The summed E-state index contributed by atoms with van der Waals surface area (Å²) < 4.78 is 5.30. The largest absolute Gasteiger partial charge is 0.459 e. The Kier molecular flexibility index (Phi) is 5.31. The molecule has 0 saturated carbocycles. The van der Waals surface area contributed by atoms with Gasteiger partial charge >= 0.3 is 5.97 Å². The van der Waals surface area contributed by atoms with E-state index in [4.69, 9.17) is 10.5 Å². The molecule has 0 saturated heterocycles. The van der Waals surface area contributed by atoms with Gasteiger partial charge in [-0.15, -0.1) is 11.3 Å². The van der Waals surface area contributed by atoms with E-state index in [1.54, 1.807) is 0 Å². The summed E-state index contributed by atoms with van der Waals surface area (Å²) in [5.41, 5.74) is 6.39. The fraction of sp³-hybridized carbons (Fsp3) is 0.533. The number of rotatable bonds is 6. The van der Waals surface area contributed by atoms with E-state index < -0.39 is 0 Å². The molecule has 2 heterocycles. The quantitative estimate of drug-likeness (QED) is 0.627. The van der Waals surface area contributed by atoms with Gasteiger partial charge in [-0.1, -0.05) is 0 Å². The van der Waals surface area contributed by atoms with Crippen molar-refractivity contribution in [1.82, 2.24) is 9.97 Å². The van der Waals surface area contributed by atoms with Gasteiger partial charge in [-0.25, -0.2) is 14.8 Å². The number of aryl methyl sites for hydroxylation is 2. The van der Waals surface area contributed by atoms with E-state index >= 15 is 0 Å². The SMILES string of the molecule is Cc1nc(NCCCN)c2c(C)c(C(=O)OC(C)C)sc2n1. The van der Waals surface area contributed by atoms with E-state index in [-0.39, 0.29) is 12.1 Å². The third kappa shape index (κ3) is 3.53. The van der Waals surface area contributed by atoms with Crippen LogP contribution in [0.4, 0.5) is 5.82 Å². The van der Waals surface area contributed by atoms with Gasteiger partial charge in [0.05, 0.1) is 11.5 Å². The highest BCUT2D eigenvalue weighted by atomic mass is 32.1. The molecule has 0 bridgehead atoms.